The highest BCUT2D eigenvalue weighted by molar-refractivity contribution is 5.71. The Morgan fingerprint density at radius 3 is 2.48 bits per heavy atom. The van der Waals surface area contributed by atoms with Crippen molar-refractivity contribution in [1.82, 2.24) is 0 Å². The van der Waals surface area contributed by atoms with Gasteiger partial charge in [-0.1, -0.05) is 48.6 Å². The molecule has 0 amide bonds. The first-order valence-electron chi connectivity index (χ1n) is 9.24. The van der Waals surface area contributed by atoms with Crippen LogP contribution < -0.4 is 4.90 Å². The average molecular weight is 365 g/mol. The Bertz CT molecular complexity index is 921. The smallest absolute Gasteiger partial charge is 0.182 e. The summed E-state index contributed by atoms with van der Waals surface area (Å²) in [6.07, 6.45) is 10.6. The lowest BCUT2D eigenvalue weighted by atomic mass is 10.0. The number of anilines is 1. The van der Waals surface area contributed by atoms with Crippen LogP contribution in [0.25, 0.3) is 0 Å². The summed E-state index contributed by atoms with van der Waals surface area (Å²) in [4.78, 5) is 1.88. The second kappa shape index (κ2) is 7.91. The predicted molar refractivity (Wildman–Crippen MR) is 110 cm³/mol. The number of aryl methyl sites for hydroxylation is 1. The van der Waals surface area contributed by atoms with Crippen molar-refractivity contribution < 1.29 is 8.78 Å². The maximum atomic E-state index is 15.1. The van der Waals surface area contributed by atoms with Crippen LogP contribution in [0.15, 0.2) is 94.9 Å². The van der Waals surface area contributed by atoms with Gasteiger partial charge in [0.05, 0.1) is 5.70 Å². The van der Waals surface area contributed by atoms with Gasteiger partial charge < -0.3 is 4.90 Å². The molecule has 2 aliphatic rings. The van der Waals surface area contributed by atoms with Crippen molar-refractivity contribution in [1.29, 1.82) is 0 Å². The quantitative estimate of drug-likeness (QED) is 0.511. The highest BCUT2D eigenvalue weighted by Crippen LogP contribution is 2.41. The van der Waals surface area contributed by atoms with Crippen LogP contribution in [0.3, 0.4) is 0 Å². The molecule has 3 heteroatoms. The third kappa shape index (κ3) is 3.73. The molecule has 0 radical (unpaired) electrons. The molecule has 0 aromatic heterocycles. The van der Waals surface area contributed by atoms with E-state index in [9.17, 15) is 4.39 Å². The van der Waals surface area contributed by atoms with Gasteiger partial charge >= 0.3 is 0 Å². The fourth-order valence-corrected chi connectivity index (χ4v) is 3.51. The van der Waals surface area contributed by atoms with E-state index in [2.05, 4.69) is 18.7 Å². The van der Waals surface area contributed by atoms with E-state index >= 15 is 4.39 Å². The third-order valence-corrected chi connectivity index (χ3v) is 5.17. The number of nitrogens with zero attached hydrogens (tertiary/aromatic N) is 1. The van der Waals surface area contributed by atoms with E-state index in [-0.39, 0.29) is 5.70 Å². The largest absolute Gasteiger partial charge is 0.307 e. The van der Waals surface area contributed by atoms with Gasteiger partial charge in [-0.2, -0.15) is 0 Å². The van der Waals surface area contributed by atoms with E-state index in [0.29, 0.717) is 5.57 Å². The Labute approximate surface area is 160 Å². The van der Waals surface area contributed by atoms with Crippen molar-refractivity contribution in [2.75, 3.05) is 4.90 Å². The monoisotopic (exact) mass is 365 g/mol. The molecular formula is C24H25F2N. The van der Waals surface area contributed by atoms with Crippen LogP contribution in [0.2, 0.25) is 0 Å². The molecule has 0 fully saturated rings. The third-order valence-electron chi connectivity index (χ3n) is 5.17. The van der Waals surface area contributed by atoms with Gasteiger partial charge in [-0.05, 0) is 68.9 Å². The van der Waals surface area contributed by atoms with Gasteiger partial charge in [0.25, 0.3) is 0 Å². The number of benzene rings is 1. The second-order valence-electron chi connectivity index (χ2n) is 7.14. The Hall–Kier alpha value is -2.68. The molecular weight excluding hydrogens is 340 g/mol. The standard InChI is InChI=1S/C24H25F2N/c1-16(2)17(3)24(23(26)18(4)25)27-21-12-7-5-6-10-19(21)14-15-20-11-8-9-13-22(20)27/h5-9,11-13H,4,10,14-15H2,1-3H3/b24-23-. The number of hydrogen-bond acceptors (Lipinski definition) is 1. The molecule has 0 bridgehead atoms. The van der Waals surface area contributed by atoms with Crippen molar-refractivity contribution in [3.8, 4) is 0 Å². The molecule has 1 aromatic carbocycles. The Kier molecular flexibility index (Phi) is 5.59. The maximum Gasteiger partial charge on any atom is 0.182 e. The molecule has 0 spiro atoms. The lowest BCUT2D eigenvalue weighted by molar-refractivity contribution is 0.539. The molecule has 140 valence electrons. The molecule has 1 heterocycles. The van der Waals surface area contributed by atoms with Gasteiger partial charge in [-0.25, -0.2) is 8.78 Å². The zero-order valence-electron chi connectivity index (χ0n) is 16.2. The van der Waals surface area contributed by atoms with Gasteiger partial charge in [0.1, 0.15) is 0 Å². The maximum absolute atomic E-state index is 15.1. The summed E-state index contributed by atoms with van der Waals surface area (Å²) in [6.45, 7) is 8.87. The van der Waals surface area contributed by atoms with Crippen molar-refractivity contribution in [3.05, 3.63) is 100 Å². The minimum Gasteiger partial charge on any atom is -0.307 e. The van der Waals surface area contributed by atoms with Gasteiger partial charge in [0.15, 0.2) is 11.7 Å². The lowest BCUT2D eigenvalue weighted by Gasteiger charge is -2.31. The van der Waals surface area contributed by atoms with Gasteiger partial charge in [0, 0.05) is 11.4 Å². The highest BCUT2D eigenvalue weighted by Gasteiger charge is 2.28. The molecule has 0 saturated heterocycles. The first-order valence-corrected chi connectivity index (χ1v) is 9.24. The molecule has 27 heavy (non-hydrogen) atoms. The molecule has 0 saturated carbocycles. The van der Waals surface area contributed by atoms with Crippen molar-refractivity contribution in [2.45, 2.75) is 40.0 Å². The fourth-order valence-electron chi connectivity index (χ4n) is 3.51. The summed E-state index contributed by atoms with van der Waals surface area (Å²) < 4.78 is 29.1. The van der Waals surface area contributed by atoms with E-state index in [1.807, 2.05) is 62.1 Å². The minimum absolute atomic E-state index is 0.232. The molecule has 1 aromatic rings. The first kappa shape index (κ1) is 19.1. The van der Waals surface area contributed by atoms with Crippen molar-refractivity contribution in [2.24, 2.45) is 0 Å². The SMILES string of the molecule is C=C(F)/C(F)=C(\C(C)=C(C)C)N1C2=C(CC=CC=C2)CCc2ccccc21. The van der Waals surface area contributed by atoms with E-state index < -0.39 is 11.7 Å². The number of fused-ring (bicyclic) bond motifs is 1. The molecule has 0 atom stereocenters. The van der Waals surface area contributed by atoms with Gasteiger partial charge in [-0.15, -0.1) is 0 Å². The van der Waals surface area contributed by atoms with E-state index in [1.165, 1.54) is 5.57 Å². The summed E-state index contributed by atoms with van der Waals surface area (Å²) >= 11 is 0. The van der Waals surface area contributed by atoms with Crippen LogP contribution in [0.4, 0.5) is 14.5 Å². The summed E-state index contributed by atoms with van der Waals surface area (Å²) in [5.74, 6) is -1.96. The fraction of sp³-hybridized carbons (Fsp3) is 0.250. The first-order chi connectivity index (χ1) is 12.9. The number of rotatable bonds is 3. The number of halogens is 2. The Morgan fingerprint density at radius 2 is 1.78 bits per heavy atom. The van der Waals surface area contributed by atoms with Gasteiger partial charge in [0.2, 0.25) is 0 Å². The zero-order valence-corrected chi connectivity index (χ0v) is 16.2. The second-order valence-corrected chi connectivity index (χ2v) is 7.14. The van der Waals surface area contributed by atoms with E-state index in [1.54, 1.807) is 0 Å². The number of hydrogen-bond donors (Lipinski definition) is 0. The molecule has 1 nitrogen and oxygen atoms in total. The zero-order chi connectivity index (χ0) is 19.6. The Morgan fingerprint density at radius 1 is 1.04 bits per heavy atom. The predicted octanol–water partition coefficient (Wildman–Crippen LogP) is 7.23. The minimum atomic E-state index is -1.05. The summed E-state index contributed by atoms with van der Waals surface area (Å²) in [7, 11) is 0. The number of allylic oxidation sites excluding steroid dienone is 9. The van der Waals surface area contributed by atoms with Gasteiger partial charge in [-0.3, -0.25) is 0 Å². The van der Waals surface area contributed by atoms with Crippen LogP contribution in [0, 0.1) is 0 Å². The van der Waals surface area contributed by atoms with Crippen molar-refractivity contribution in [3.63, 3.8) is 0 Å². The molecule has 1 aliphatic heterocycles. The van der Waals surface area contributed by atoms with E-state index in [0.717, 1.165) is 41.8 Å². The van der Waals surface area contributed by atoms with Crippen LogP contribution in [0.1, 0.15) is 39.2 Å². The normalized spacial score (nSPS) is 16.9. The summed E-state index contributed by atoms with van der Waals surface area (Å²) in [5, 5.41) is 0. The van der Waals surface area contributed by atoms with Crippen LogP contribution in [-0.2, 0) is 6.42 Å². The topological polar surface area (TPSA) is 3.24 Å². The summed E-state index contributed by atoms with van der Waals surface area (Å²) in [5.41, 5.74) is 6.02. The molecule has 0 N–H and O–H groups in total. The van der Waals surface area contributed by atoms with Crippen LogP contribution in [0.5, 0.6) is 0 Å². The number of para-hydroxylation sites is 1. The molecule has 3 rings (SSSR count). The Balaban J connectivity index is 2.37. The average Bonchev–Trinajstić information content (AvgIpc) is 2.95. The van der Waals surface area contributed by atoms with E-state index in [4.69, 9.17) is 0 Å². The summed E-state index contributed by atoms with van der Waals surface area (Å²) in [6, 6.07) is 7.97. The van der Waals surface area contributed by atoms with Crippen LogP contribution >= 0.6 is 0 Å². The lowest BCUT2D eigenvalue weighted by Crippen LogP contribution is -2.24. The van der Waals surface area contributed by atoms with Crippen molar-refractivity contribution >= 4 is 5.69 Å². The molecule has 0 unspecified atom stereocenters. The molecule has 1 aliphatic carbocycles. The highest BCUT2D eigenvalue weighted by atomic mass is 19.2. The van der Waals surface area contributed by atoms with Crippen LogP contribution in [-0.4, -0.2) is 0 Å².